The maximum Gasteiger partial charge on any atom is 0.290 e. The van der Waals surface area contributed by atoms with Crippen LogP contribution in [-0.4, -0.2) is 22.2 Å². The van der Waals surface area contributed by atoms with E-state index in [9.17, 15) is 9.59 Å². The van der Waals surface area contributed by atoms with Crippen molar-refractivity contribution in [3.05, 3.63) is 33.4 Å². The fourth-order valence-corrected chi connectivity index (χ4v) is 4.21. The van der Waals surface area contributed by atoms with E-state index in [-0.39, 0.29) is 11.6 Å². The van der Waals surface area contributed by atoms with Crippen molar-refractivity contribution in [1.82, 2.24) is 15.1 Å². The standard InChI is InChI=1S/C19H26N4O2S/c1-12-8-9-17(26-12)16-10-15(20)19(25)23(22-16)13(2)18(24)21-11-14-6-4-3-5-7-14/h8-10,13-14H,3-7,11,20H2,1-2H3,(H,21,24)/t13-/m0/s1. The zero-order valence-corrected chi connectivity index (χ0v) is 16.1. The molecule has 3 N–H and O–H groups in total. The summed E-state index contributed by atoms with van der Waals surface area (Å²) in [5.41, 5.74) is 6.19. The van der Waals surface area contributed by atoms with Crippen LogP contribution in [0.5, 0.6) is 0 Å². The van der Waals surface area contributed by atoms with Gasteiger partial charge in [0.1, 0.15) is 17.4 Å². The largest absolute Gasteiger partial charge is 0.394 e. The summed E-state index contributed by atoms with van der Waals surface area (Å²) in [6, 6.07) is 4.82. The molecule has 1 atom stereocenters. The van der Waals surface area contributed by atoms with Gasteiger partial charge in [0.2, 0.25) is 5.91 Å². The molecule has 140 valence electrons. The van der Waals surface area contributed by atoms with Gasteiger partial charge in [-0.05, 0) is 50.8 Å². The summed E-state index contributed by atoms with van der Waals surface area (Å²) in [4.78, 5) is 27.0. The van der Waals surface area contributed by atoms with Crippen LogP contribution >= 0.6 is 11.3 Å². The predicted molar refractivity (Wildman–Crippen MR) is 105 cm³/mol. The molecule has 0 aromatic carbocycles. The van der Waals surface area contributed by atoms with Gasteiger partial charge < -0.3 is 11.1 Å². The first-order valence-corrected chi connectivity index (χ1v) is 10.0. The van der Waals surface area contributed by atoms with Gasteiger partial charge in [-0.25, -0.2) is 4.68 Å². The Morgan fingerprint density at radius 3 is 2.77 bits per heavy atom. The fraction of sp³-hybridized carbons (Fsp3) is 0.526. The van der Waals surface area contributed by atoms with E-state index in [4.69, 9.17) is 5.73 Å². The third-order valence-electron chi connectivity index (χ3n) is 4.99. The fourth-order valence-electron chi connectivity index (χ4n) is 3.38. The molecule has 0 unspecified atom stereocenters. The Labute approximate surface area is 157 Å². The van der Waals surface area contributed by atoms with Gasteiger partial charge in [-0.3, -0.25) is 9.59 Å². The highest BCUT2D eigenvalue weighted by atomic mass is 32.1. The third kappa shape index (κ3) is 4.15. The molecule has 7 heteroatoms. The third-order valence-corrected chi connectivity index (χ3v) is 6.01. The molecule has 1 aliphatic carbocycles. The minimum atomic E-state index is -0.700. The molecule has 0 radical (unpaired) electrons. The molecule has 1 fully saturated rings. The maximum absolute atomic E-state index is 12.6. The number of nitrogens with two attached hydrogens (primary N) is 1. The Hall–Kier alpha value is -2.15. The van der Waals surface area contributed by atoms with E-state index in [1.165, 1.54) is 23.9 Å². The lowest BCUT2D eigenvalue weighted by molar-refractivity contribution is -0.124. The molecule has 0 spiro atoms. The van der Waals surface area contributed by atoms with Crippen LogP contribution in [0, 0.1) is 12.8 Å². The van der Waals surface area contributed by atoms with Crippen molar-refractivity contribution >= 4 is 22.9 Å². The quantitative estimate of drug-likeness (QED) is 0.841. The molecule has 26 heavy (non-hydrogen) atoms. The molecule has 2 aromatic rings. The highest BCUT2D eigenvalue weighted by Gasteiger charge is 2.21. The van der Waals surface area contributed by atoms with Crippen molar-refractivity contribution in [2.24, 2.45) is 5.92 Å². The number of nitrogens with zero attached hydrogens (tertiary/aromatic N) is 2. The van der Waals surface area contributed by atoms with Crippen molar-refractivity contribution < 1.29 is 4.79 Å². The summed E-state index contributed by atoms with van der Waals surface area (Å²) in [7, 11) is 0. The van der Waals surface area contributed by atoms with Gasteiger partial charge in [0.05, 0.1) is 4.88 Å². The predicted octanol–water partition coefficient (Wildman–Crippen LogP) is 3.12. The van der Waals surface area contributed by atoms with Crippen LogP contribution in [0.25, 0.3) is 10.6 Å². The van der Waals surface area contributed by atoms with Gasteiger partial charge in [-0.1, -0.05) is 19.3 Å². The van der Waals surface area contributed by atoms with Crippen LogP contribution in [0.2, 0.25) is 0 Å². The van der Waals surface area contributed by atoms with E-state index in [1.54, 1.807) is 24.3 Å². The highest BCUT2D eigenvalue weighted by molar-refractivity contribution is 7.15. The number of anilines is 1. The van der Waals surface area contributed by atoms with Gasteiger partial charge in [0.25, 0.3) is 5.56 Å². The van der Waals surface area contributed by atoms with Crippen LogP contribution in [0.3, 0.4) is 0 Å². The second-order valence-electron chi connectivity index (χ2n) is 7.07. The van der Waals surface area contributed by atoms with Gasteiger partial charge in [0, 0.05) is 11.4 Å². The van der Waals surface area contributed by atoms with Crippen molar-refractivity contribution in [3.8, 4) is 10.6 Å². The summed E-state index contributed by atoms with van der Waals surface area (Å²) >= 11 is 1.58. The van der Waals surface area contributed by atoms with Gasteiger partial charge in [-0.2, -0.15) is 5.10 Å². The van der Waals surface area contributed by atoms with Gasteiger partial charge >= 0.3 is 0 Å². The highest BCUT2D eigenvalue weighted by Crippen LogP contribution is 2.26. The molecular formula is C19H26N4O2S. The van der Waals surface area contributed by atoms with E-state index in [0.29, 0.717) is 18.2 Å². The molecular weight excluding hydrogens is 348 g/mol. The molecule has 2 heterocycles. The second kappa shape index (κ2) is 8.03. The lowest BCUT2D eigenvalue weighted by Gasteiger charge is -2.23. The van der Waals surface area contributed by atoms with E-state index < -0.39 is 11.6 Å². The summed E-state index contributed by atoms with van der Waals surface area (Å²) in [5.74, 6) is 0.346. The molecule has 3 rings (SSSR count). The molecule has 1 amide bonds. The molecule has 1 aliphatic rings. The lowest BCUT2D eigenvalue weighted by Crippen LogP contribution is -2.39. The van der Waals surface area contributed by atoms with Crippen LogP contribution in [0.1, 0.15) is 49.9 Å². The van der Waals surface area contributed by atoms with Gasteiger partial charge in [-0.15, -0.1) is 11.3 Å². The summed E-state index contributed by atoms with van der Waals surface area (Å²) in [6.45, 7) is 4.36. The van der Waals surface area contributed by atoms with E-state index >= 15 is 0 Å². The van der Waals surface area contributed by atoms with Crippen molar-refractivity contribution in [3.63, 3.8) is 0 Å². The van der Waals surface area contributed by atoms with Crippen LogP contribution in [0.15, 0.2) is 23.0 Å². The summed E-state index contributed by atoms with van der Waals surface area (Å²) in [6.07, 6.45) is 6.07. The summed E-state index contributed by atoms with van der Waals surface area (Å²) in [5, 5.41) is 7.39. The van der Waals surface area contributed by atoms with E-state index in [2.05, 4.69) is 10.4 Å². The Bertz CT molecular complexity index is 836. The minimum absolute atomic E-state index is 0.105. The number of nitrogen functional groups attached to an aromatic ring is 1. The Morgan fingerprint density at radius 1 is 1.38 bits per heavy atom. The van der Waals surface area contributed by atoms with Gasteiger partial charge in [0.15, 0.2) is 0 Å². The second-order valence-corrected chi connectivity index (χ2v) is 8.36. The van der Waals surface area contributed by atoms with Crippen molar-refractivity contribution in [1.29, 1.82) is 0 Å². The molecule has 6 nitrogen and oxygen atoms in total. The number of carbonyl (C=O) groups excluding carboxylic acids is 1. The number of hydrogen-bond donors (Lipinski definition) is 2. The topological polar surface area (TPSA) is 90.0 Å². The smallest absolute Gasteiger partial charge is 0.290 e. The van der Waals surface area contributed by atoms with E-state index in [1.807, 2.05) is 19.1 Å². The number of hydrogen-bond acceptors (Lipinski definition) is 5. The lowest BCUT2D eigenvalue weighted by atomic mass is 9.89. The normalized spacial score (nSPS) is 16.4. The van der Waals surface area contributed by atoms with Crippen LogP contribution in [-0.2, 0) is 4.79 Å². The first kappa shape index (κ1) is 18.6. The number of aromatic nitrogens is 2. The molecule has 0 saturated heterocycles. The number of aryl methyl sites for hydroxylation is 1. The Kier molecular flexibility index (Phi) is 5.76. The number of rotatable bonds is 5. The number of carbonyl (C=O) groups is 1. The zero-order chi connectivity index (χ0) is 18.7. The average Bonchev–Trinajstić information content (AvgIpc) is 3.08. The monoisotopic (exact) mass is 374 g/mol. The first-order valence-electron chi connectivity index (χ1n) is 9.19. The Balaban J connectivity index is 1.77. The molecule has 1 saturated carbocycles. The number of thiophene rings is 1. The number of nitrogens with one attached hydrogen (secondary N) is 1. The minimum Gasteiger partial charge on any atom is -0.394 e. The first-order chi connectivity index (χ1) is 12.5. The Morgan fingerprint density at radius 2 is 2.12 bits per heavy atom. The average molecular weight is 375 g/mol. The molecule has 2 aromatic heterocycles. The molecule has 0 aliphatic heterocycles. The molecule has 0 bridgehead atoms. The van der Waals surface area contributed by atoms with Crippen molar-refractivity contribution in [2.45, 2.75) is 52.0 Å². The summed E-state index contributed by atoms with van der Waals surface area (Å²) < 4.78 is 1.20. The van der Waals surface area contributed by atoms with E-state index in [0.717, 1.165) is 22.6 Å². The SMILES string of the molecule is Cc1ccc(-c2cc(N)c(=O)n([C@@H](C)C(=O)NCC3CCCCC3)n2)s1. The van der Waals surface area contributed by atoms with Crippen molar-refractivity contribution in [2.75, 3.05) is 12.3 Å². The number of amides is 1. The van der Waals surface area contributed by atoms with Crippen LogP contribution < -0.4 is 16.6 Å². The van der Waals surface area contributed by atoms with Crippen LogP contribution in [0.4, 0.5) is 5.69 Å². The maximum atomic E-state index is 12.6. The zero-order valence-electron chi connectivity index (χ0n) is 15.3.